The first-order chi connectivity index (χ1) is 9.86. The van der Waals surface area contributed by atoms with Gasteiger partial charge in [0.1, 0.15) is 12.1 Å². The number of nitrogens with zero attached hydrogens (tertiary/aromatic N) is 2. The predicted octanol–water partition coefficient (Wildman–Crippen LogP) is 1.32. The molecule has 1 unspecified atom stereocenters. The molecule has 7 heteroatoms. The molecule has 0 aromatic heterocycles. The lowest BCUT2D eigenvalue weighted by molar-refractivity contribution is -0.151. The number of ether oxygens (including phenoxy) is 1. The van der Waals surface area contributed by atoms with Crippen LogP contribution >= 0.6 is 0 Å². The van der Waals surface area contributed by atoms with Crippen LogP contribution in [0, 0.1) is 0 Å². The number of carboxylic acids is 1. The van der Waals surface area contributed by atoms with E-state index in [0.29, 0.717) is 19.5 Å². The van der Waals surface area contributed by atoms with Crippen LogP contribution in [0.5, 0.6) is 0 Å². The number of hydrogen-bond donors (Lipinski definition) is 1. The molecule has 0 aliphatic carbocycles. The summed E-state index contributed by atoms with van der Waals surface area (Å²) in [5.74, 6) is -1.50. The Kier molecular flexibility index (Phi) is 5.99. The van der Waals surface area contributed by atoms with Gasteiger partial charge in [0, 0.05) is 13.1 Å². The smallest absolute Gasteiger partial charge is 0.329 e. The van der Waals surface area contributed by atoms with E-state index in [1.54, 1.807) is 20.8 Å². The second-order valence-corrected chi connectivity index (χ2v) is 5.29. The highest BCUT2D eigenvalue weighted by Crippen LogP contribution is 2.29. The van der Waals surface area contributed by atoms with Crippen LogP contribution in [-0.4, -0.2) is 64.7 Å². The lowest BCUT2D eigenvalue weighted by Crippen LogP contribution is -2.61. The summed E-state index contributed by atoms with van der Waals surface area (Å²) in [5.41, 5.74) is -1.21. The van der Waals surface area contributed by atoms with Gasteiger partial charge in [-0.15, -0.1) is 0 Å². The van der Waals surface area contributed by atoms with E-state index < -0.39 is 23.5 Å². The molecule has 0 bridgehead atoms. The van der Waals surface area contributed by atoms with Gasteiger partial charge in [0.05, 0.1) is 6.61 Å². The third-order valence-electron chi connectivity index (χ3n) is 3.86. The molecule has 1 rings (SSSR count). The normalized spacial score (nSPS) is 21.8. The molecule has 1 N–H and O–H groups in total. The van der Waals surface area contributed by atoms with Crippen LogP contribution in [0.4, 0.5) is 4.79 Å². The lowest BCUT2D eigenvalue weighted by atomic mass is 9.89. The minimum atomic E-state index is -1.21. The Balaban J connectivity index is 2.86. The summed E-state index contributed by atoms with van der Waals surface area (Å²) in [6, 6.07) is -0.421. The van der Waals surface area contributed by atoms with Crippen molar-refractivity contribution in [2.24, 2.45) is 0 Å². The molecule has 0 radical (unpaired) electrons. The first kappa shape index (κ1) is 17.3. The molecule has 21 heavy (non-hydrogen) atoms. The second-order valence-electron chi connectivity index (χ2n) is 5.29. The minimum Gasteiger partial charge on any atom is -0.480 e. The third kappa shape index (κ3) is 3.86. The van der Waals surface area contributed by atoms with E-state index in [1.165, 1.54) is 9.80 Å². The Bertz CT molecular complexity index is 412. The molecule has 7 nitrogen and oxygen atoms in total. The molecule has 0 aromatic carbocycles. The number of carbonyl (C=O) groups is 3. The first-order valence-corrected chi connectivity index (χ1v) is 7.32. The molecule has 1 heterocycles. The second kappa shape index (κ2) is 7.28. The van der Waals surface area contributed by atoms with Crippen molar-refractivity contribution in [3.05, 3.63) is 0 Å². The number of carboxylic acid groups (broad SMARTS) is 1. The van der Waals surface area contributed by atoms with Crippen molar-refractivity contribution in [2.75, 3.05) is 26.2 Å². The fraction of sp³-hybridized carbons (Fsp3) is 0.786. The maximum Gasteiger partial charge on any atom is 0.329 e. The SMILES string of the molecule is CCOC(=O)CN(CC)C(=O)N1CCCCC1(C)C(=O)O. The van der Waals surface area contributed by atoms with Crippen LogP contribution in [-0.2, 0) is 14.3 Å². The van der Waals surface area contributed by atoms with Crippen molar-refractivity contribution in [3.63, 3.8) is 0 Å². The molecule has 0 spiro atoms. The quantitative estimate of drug-likeness (QED) is 0.774. The highest BCUT2D eigenvalue weighted by atomic mass is 16.5. The average molecular weight is 300 g/mol. The lowest BCUT2D eigenvalue weighted by Gasteiger charge is -2.43. The summed E-state index contributed by atoms with van der Waals surface area (Å²) >= 11 is 0. The Hall–Kier alpha value is -1.79. The zero-order valence-electron chi connectivity index (χ0n) is 12.9. The molecule has 1 aliphatic rings. The molecule has 0 saturated carbocycles. The van der Waals surface area contributed by atoms with E-state index in [9.17, 15) is 19.5 Å². The summed E-state index contributed by atoms with van der Waals surface area (Å²) < 4.78 is 4.84. The van der Waals surface area contributed by atoms with Crippen LogP contribution in [0.25, 0.3) is 0 Å². The van der Waals surface area contributed by atoms with Crippen molar-refractivity contribution >= 4 is 18.0 Å². The number of rotatable bonds is 5. The van der Waals surface area contributed by atoms with Gasteiger partial charge in [-0.3, -0.25) is 4.79 Å². The fourth-order valence-electron chi connectivity index (χ4n) is 2.50. The van der Waals surface area contributed by atoms with Crippen LogP contribution in [0.3, 0.4) is 0 Å². The van der Waals surface area contributed by atoms with Gasteiger partial charge in [-0.05, 0) is 40.0 Å². The Labute approximate surface area is 124 Å². The summed E-state index contributed by atoms with van der Waals surface area (Å²) in [4.78, 5) is 38.3. The van der Waals surface area contributed by atoms with E-state index >= 15 is 0 Å². The van der Waals surface area contributed by atoms with Crippen molar-refractivity contribution in [2.45, 2.75) is 45.6 Å². The molecule has 2 amide bonds. The highest BCUT2D eigenvalue weighted by molar-refractivity contribution is 5.88. The molecule has 1 aliphatic heterocycles. The van der Waals surface area contributed by atoms with Gasteiger partial charge in [0.25, 0.3) is 0 Å². The first-order valence-electron chi connectivity index (χ1n) is 7.32. The molecule has 1 atom stereocenters. The number of likely N-dealkylation sites (N-methyl/N-ethyl adjacent to an activating group) is 1. The highest BCUT2D eigenvalue weighted by Gasteiger charge is 2.45. The number of amides is 2. The van der Waals surface area contributed by atoms with Gasteiger partial charge < -0.3 is 19.6 Å². The number of hydrogen-bond acceptors (Lipinski definition) is 4. The van der Waals surface area contributed by atoms with E-state index in [0.717, 1.165) is 12.8 Å². The van der Waals surface area contributed by atoms with Crippen LogP contribution in [0.15, 0.2) is 0 Å². The van der Waals surface area contributed by atoms with Gasteiger partial charge >= 0.3 is 18.0 Å². The maximum atomic E-state index is 12.6. The standard InChI is InChI=1S/C14H24N2O5/c1-4-15(10-11(17)21-5-2)13(20)16-9-7-6-8-14(16,3)12(18)19/h4-10H2,1-3H3,(H,18,19). The Morgan fingerprint density at radius 2 is 1.95 bits per heavy atom. The number of esters is 1. The van der Waals surface area contributed by atoms with Crippen LogP contribution in [0.2, 0.25) is 0 Å². The van der Waals surface area contributed by atoms with E-state index in [1.807, 2.05) is 0 Å². The zero-order valence-corrected chi connectivity index (χ0v) is 12.9. The van der Waals surface area contributed by atoms with Gasteiger partial charge in [0.2, 0.25) is 0 Å². The number of piperidine rings is 1. The number of likely N-dealkylation sites (tertiary alicyclic amines) is 1. The molecule has 0 aromatic rings. The van der Waals surface area contributed by atoms with Crippen molar-refractivity contribution in [3.8, 4) is 0 Å². The average Bonchev–Trinajstić information content (AvgIpc) is 2.44. The van der Waals surface area contributed by atoms with Crippen molar-refractivity contribution < 1.29 is 24.2 Å². The molecule has 120 valence electrons. The van der Waals surface area contributed by atoms with E-state index in [4.69, 9.17) is 4.74 Å². The van der Waals surface area contributed by atoms with E-state index in [-0.39, 0.29) is 13.2 Å². The topological polar surface area (TPSA) is 87.2 Å². The molecule has 1 saturated heterocycles. The Morgan fingerprint density at radius 3 is 2.48 bits per heavy atom. The largest absolute Gasteiger partial charge is 0.480 e. The summed E-state index contributed by atoms with van der Waals surface area (Å²) in [7, 11) is 0. The van der Waals surface area contributed by atoms with Gasteiger partial charge in [0.15, 0.2) is 0 Å². The minimum absolute atomic E-state index is 0.157. The van der Waals surface area contributed by atoms with Gasteiger partial charge in [-0.25, -0.2) is 9.59 Å². The monoisotopic (exact) mass is 300 g/mol. The predicted molar refractivity (Wildman–Crippen MR) is 75.9 cm³/mol. The Morgan fingerprint density at radius 1 is 1.29 bits per heavy atom. The fourth-order valence-corrected chi connectivity index (χ4v) is 2.50. The van der Waals surface area contributed by atoms with Crippen molar-refractivity contribution in [1.82, 2.24) is 9.80 Å². The van der Waals surface area contributed by atoms with E-state index in [2.05, 4.69) is 0 Å². The van der Waals surface area contributed by atoms with Gasteiger partial charge in [-0.1, -0.05) is 0 Å². The summed E-state index contributed by atoms with van der Waals surface area (Å²) in [5, 5.41) is 9.43. The summed E-state index contributed by atoms with van der Waals surface area (Å²) in [6.07, 6.45) is 1.97. The number of urea groups is 1. The molecular formula is C14H24N2O5. The van der Waals surface area contributed by atoms with Crippen LogP contribution < -0.4 is 0 Å². The van der Waals surface area contributed by atoms with Crippen molar-refractivity contribution in [1.29, 1.82) is 0 Å². The molecular weight excluding hydrogens is 276 g/mol. The van der Waals surface area contributed by atoms with Crippen LogP contribution in [0.1, 0.15) is 40.0 Å². The maximum absolute atomic E-state index is 12.6. The zero-order chi connectivity index (χ0) is 16.0. The van der Waals surface area contributed by atoms with Gasteiger partial charge in [-0.2, -0.15) is 0 Å². The molecule has 1 fully saturated rings. The summed E-state index contributed by atoms with van der Waals surface area (Å²) in [6.45, 7) is 5.81. The number of aliphatic carboxylic acids is 1. The number of carbonyl (C=O) groups excluding carboxylic acids is 2. The third-order valence-corrected chi connectivity index (χ3v) is 3.86.